The highest BCUT2D eigenvalue weighted by Crippen LogP contribution is 2.37. The van der Waals surface area contributed by atoms with E-state index in [2.05, 4.69) is 10.3 Å². The van der Waals surface area contributed by atoms with Crippen LogP contribution in [0, 0.1) is 12.3 Å². The van der Waals surface area contributed by atoms with Gasteiger partial charge in [-0.15, -0.1) is 0 Å². The van der Waals surface area contributed by atoms with Crippen LogP contribution in [0.4, 0.5) is 11.5 Å². The number of aromatic nitrogens is 1. The van der Waals surface area contributed by atoms with Gasteiger partial charge >= 0.3 is 13.1 Å². The van der Waals surface area contributed by atoms with Gasteiger partial charge in [-0.25, -0.2) is 9.78 Å². The van der Waals surface area contributed by atoms with E-state index < -0.39 is 24.3 Å². The molecule has 1 aliphatic heterocycles. The Morgan fingerprint density at radius 3 is 2.41 bits per heavy atom. The summed E-state index contributed by atoms with van der Waals surface area (Å²) in [5, 5.41) is 11.1. The van der Waals surface area contributed by atoms with Gasteiger partial charge < -0.3 is 24.8 Å². The third-order valence-corrected chi connectivity index (χ3v) is 5.43. The fourth-order valence-corrected chi connectivity index (χ4v) is 3.08. The number of esters is 1. The van der Waals surface area contributed by atoms with E-state index in [0.717, 1.165) is 11.9 Å². The highest BCUT2D eigenvalue weighted by Gasteiger charge is 2.52. The van der Waals surface area contributed by atoms with E-state index in [-0.39, 0.29) is 5.56 Å². The zero-order chi connectivity index (χ0) is 21.4. The van der Waals surface area contributed by atoms with Gasteiger partial charge in [0.2, 0.25) is 0 Å². The quantitative estimate of drug-likeness (QED) is 0.459. The maximum atomic E-state index is 12.4. The van der Waals surface area contributed by atoms with Crippen molar-refractivity contribution < 1.29 is 18.8 Å². The van der Waals surface area contributed by atoms with Gasteiger partial charge in [-0.1, -0.05) is 6.07 Å². The first-order chi connectivity index (χ1) is 13.6. The predicted molar refractivity (Wildman–Crippen MR) is 114 cm³/mol. The van der Waals surface area contributed by atoms with Crippen LogP contribution in [-0.2, 0) is 14.0 Å². The summed E-state index contributed by atoms with van der Waals surface area (Å²) in [5.41, 5.74) is 1.67. The molecular weight excluding hydrogens is 369 g/mol. The number of hydrogen-bond donors (Lipinski definition) is 2. The van der Waals surface area contributed by atoms with E-state index >= 15 is 0 Å². The van der Waals surface area contributed by atoms with Gasteiger partial charge in [0.25, 0.3) is 0 Å². The Labute approximate surface area is 171 Å². The van der Waals surface area contributed by atoms with Crippen molar-refractivity contribution >= 4 is 36.3 Å². The summed E-state index contributed by atoms with van der Waals surface area (Å²) < 4.78 is 17.2. The number of ether oxygens (including phenoxy) is 1. The lowest BCUT2D eigenvalue weighted by Crippen LogP contribution is -2.41. The Balaban J connectivity index is 2.10. The third kappa shape index (κ3) is 4.04. The second-order valence-corrected chi connectivity index (χ2v) is 8.04. The van der Waals surface area contributed by atoms with Crippen LogP contribution >= 0.6 is 0 Å². The summed E-state index contributed by atoms with van der Waals surface area (Å²) in [4.78, 5) is 16.9. The van der Waals surface area contributed by atoms with Gasteiger partial charge in [0.15, 0.2) is 0 Å². The number of hydrogen-bond acceptors (Lipinski definition) is 7. The van der Waals surface area contributed by atoms with Crippen molar-refractivity contribution in [2.45, 2.75) is 45.8 Å². The normalized spacial score (nSPS) is 17.1. The summed E-state index contributed by atoms with van der Waals surface area (Å²) in [6.45, 7) is 9.77. The molecule has 0 saturated carbocycles. The second kappa shape index (κ2) is 7.61. The summed E-state index contributed by atoms with van der Waals surface area (Å²) >= 11 is 0. The van der Waals surface area contributed by atoms with Crippen LogP contribution in [0.1, 0.15) is 49.3 Å². The Morgan fingerprint density at radius 2 is 1.86 bits per heavy atom. The number of methoxy groups -OCH3 is 1. The largest absolute Gasteiger partial charge is 0.494 e. The number of carbonyl (C=O) groups is 1. The van der Waals surface area contributed by atoms with Gasteiger partial charge in [-0.05, 0) is 64.3 Å². The highest BCUT2D eigenvalue weighted by atomic mass is 16.7. The van der Waals surface area contributed by atoms with Crippen molar-refractivity contribution in [1.82, 2.24) is 4.98 Å². The van der Waals surface area contributed by atoms with Crippen LogP contribution in [0.3, 0.4) is 0 Å². The lowest BCUT2D eigenvalue weighted by Gasteiger charge is -2.32. The Hall–Kier alpha value is -2.71. The zero-order valence-corrected chi connectivity index (χ0v) is 17.6. The topological polar surface area (TPSA) is 93.5 Å². The van der Waals surface area contributed by atoms with E-state index in [1.165, 1.54) is 7.11 Å². The molecule has 0 radical (unpaired) electrons. The monoisotopic (exact) mass is 395 g/mol. The molecule has 1 fully saturated rings. The molecule has 152 valence electrons. The first-order valence-electron chi connectivity index (χ1n) is 9.41. The van der Waals surface area contributed by atoms with Crippen molar-refractivity contribution in [3.63, 3.8) is 0 Å². The van der Waals surface area contributed by atoms with E-state index in [0.29, 0.717) is 22.5 Å². The molecule has 0 bridgehead atoms. The SMILES string of the molecule is COC(=O)c1cc(B2OC(C)(C)C(C)(C)O2)cc(Nc2cccc(C)n2)c1C=N. The van der Waals surface area contributed by atoms with Crippen molar-refractivity contribution in [2.24, 2.45) is 0 Å². The number of anilines is 2. The molecular formula is C21H26BN3O4. The van der Waals surface area contributed by atoms with Gasteiger partial charge in [-0.3, -0.25) is 0 Å². The van der Waals surface area contributed by atoms with Crippen LogP contribution in [-0.4, -0.2) is 42.6 Å². The fourth-order valence-electron chi connectivity index (χ4n) is 3.08. The van der Waals surface area contributed by atoms with E-state index in [9.17, 15) is 4.79 Å². The van der Waals surface area contributed by atoms with Crippen LogP contribution in [0.5, 0.6) is 0 Å². The number of rotatable bonds is 5. The maximum absolute atomic E-state index is 12.4. The Kier molecular flexibility index (Phi) is 5.51. The van der Waals surface area contributed by atoms with Crippen molar-refractivity contribution in [3.05, 3.63) is 47.2 Å². The van der Waals surface area contributed by atoms with Crippen molar-refractivity contribution in [2.75, 3.05) is 12.4 Å². The molecule has 2 heterocycles. The van der Waals surface area contributed by atoms with Crippen LogP contribution in [0.15, 0.2) is 30.3 Å². The van der Waals surface area contributed by atoms with Crippen molar-refractivity contribution in [1.29, 1.82) is 5.41 Å². The lowest BCUT2D eigenvalue weighted by molar-refractivity contribution is 0.00578. The summed E-state index contributed by atoms with van der Waals surface area (Å²) in [5.74, 6) is 0.0668. The minimum absolute atomic E-state index is 0.255. The number of nitrogens with one attached hydrogen (secondary N) is 2. The molecule has 1 aromatic carbocycles. The average molecular weight is 395 g/mol. The molecule has 0 spiro atoms. The number of pyridine rings is 1. The minimum atomic E-state index is -0.658. The number of benzene rings is 1. The zero-order valence-electron chi connectivity index (χ0n) is 17.6. The second-order valence-electron chi connectivity index (χ2n) is 8.04. The number of aryl methyl sites for hydroxylation is 1. The summed E-state index contributed by atoms with van der Waals surface area (Å²) in [6.07, 6.45) is 1.12. The van der Waals surface area contributed by atoms with Gasteiger partial charge in [0.05, 0.1) is 23.9 Å². The van der Waals surface area contributed by atoms with Crippen LogP contribution < -0.4 is 10.8 Å². The van der Waals surface area contributed by atoms with Gasteiger partial charge in [0.1, 0.15) is 5.82 Å². The maximum Gasteiger partial charge on any atom is 0.494 e. The summed E-state index contributed by atoms with van der Waals surface area (Å²) in [7, 11) is 0.654. The molecule has 1 aliphatic rings. The molecule has 0 atom stereocenters. The van der Waals surface area contributed by atoms with Gasteiger partial charge in [0, 0.05) is 23.2 Å². The molecule has 1 aromatic heterocycles. The van der Waals surface area contributed by atoms with Crippen LogP contribution in [0.25, 0.3) is 0 Å². The molecule has 1 saturated heterocycles. The lowest BCUT2D eigenvalue weighted by atomic mass is 9.77. The molecule has 2 N–H and O–H groups in total. The molecule has 29 heavy (non-hydrogen) atoms. The predicted octanol–water partition coefficient (Wildman–Crippen LogP) is 3.22. The van der Waals surface area contributed by atoms with E-state index in [4.69, 9.17) is 19.5 Å². The smallest absolute Gasteiger partial charge is 0.465 e. The standard InChI is InChI=1S/C21H26BN3O4/c1-13-8-7-9-18(24-13)25-17-11-14(10-15(16(17)12-23)19(26)27-6)22-28-20(2,3)21(4,5)29-22/h7-12,23H,1-6H3,(H,24,25). The number of nitrogens with zero attached hydrogens (tertiary/aromatic N) is 1. The minimum Gasteiger partial charge on any atom is -0.465 e. The Bertz CT molecular complexity index is 943. The average Bonchev–Trinajstić information content (AvgIpc) is 2.88. The molecule has 8 heteroatoms. The van der Waals surface area contributed by atoms with Crippen LogP contribution in [0.2, 0.25) is 0 Å². The number of carbonyl (C=O) groups excluding carboxylic acids is 1. The van der Waals surface area contributed by atoms with E-state index in [1.807, 2.05) is 58.9 Å². The van der Waals surface area contributed by atoms with Crippen molar-refractivity contribution in [3.8, 4) is 0 Å². The molecule has 3 rings (SSSR count). The Morgan fingerprint density at radius 1 is 1.21 bits per heavy atom. The molecule has 7 nitrogen and oxygen atoms in total. The molecule has 0 unspecified atom stereocenters. The van der Waals surface area contributed by atoms with E-state index in [1.54, 1.807) is 6.07 Å². The first-order valence-corrected chi connectivity index (χ1v) is 9.41. The molecule has 0 aliphatic carbocycles. The summed E-state index contributed by atoms with van der Waals surface area (Å²) in [6, 6.07) is 9.07. The third-order valence-electron chi connectivity index (χ3n) is 5.43. The molecule has 2 aromatic rings. The fraction of sp³-hybridized carbons (Fsp3) is 0.381. The molecule has 0 amide bonds. The van der Waals surface area contributed by atoms with Gasteiger partial charge in [-0.2, -0.15) is 0 Å². The highest BCUT2D eigenvalue weighted by molar-refractivity contribution is 6.62. The first kappa shape index (κ1) is 21.0.